The van der Waals surface area contributed by atoms with Crippen LogP contribution in [0.25, 0.3) is 0 Å². The van der Waals surface area contributed by atoms with E-state index in [0.717, 1.165) is 0 Å². The first-order valence-electron chi connectivity index (χ1n) is 2.34. The quantitative estimate of drug-likeness (QED) is 0.580. The summed E-state index contributed by atoms with van der Waals surface area (Å²) >= 11 is 11.0. The molecular weight excluding hydrogens is 198 g/mol. The molecule has 0 aromatic heterocycles. The molecular formula is C6H5Cl2KO. The summed E-state index contributed by atoms with van der Waals surface area (Å²) < 4.78 is 0. The second-order valence-corrected chi connectivity index (χ2v) is 2.44. The summed E-state index contributed by atoms with van der Waals surface area (Å²) in [6.45, 7) is 0. The van der Waals surface area contributed by atoms with Gasteiger partial charge in [-0.2, -0.15) is 0 Å². The fourth-order valence-electron chi connectivity index (χ4n) is 0.481. The molecule has 0 spiro atoms. The van der Waals surface area contributed by atoms with Crippen molar-refractivity contribution in [2.75, 3.05) is 0 Å². The van der Waals surface area contributed by atoms with Crippen molar-refractivity contribution in [3.63, 3.8) is 0 Å². The maximum Gasteiger partial charge on any atom is 1.00 e. The van der Waals surface area contributed by atoms with Crippen LogP contribution in [0.5, 0.6) is 5.75 Å². The van der Waals surface area contributed by atoms with Crippen LogP contribution in [0.15, 0.2) is 18.2 Å². The van der Waals surface area contributed by atoms with Gasteiger partial charge in [0.1, 0.15) is 5.75 Å². The van der Waals surface area contributed by atoms with Gasteiger partial charge in [0.15, 0.2) is 0 Å². The van der Waals surface area contributed by atoms with Gasteiger partial charge in [-0.3, -0.25) is 0 Å². The first kappa shape index (κ1) is 11.2. The maximum absolute atomic E-state index is 8.85. The van der Waals surface area contributed by atoms with E-state index in [2.05, 4.69) is 0 Å². The SMILES string of the molecule is Oc1ccc(Cl)cc1Cl.[H-].[K+]. The third-order valence-corrected chi connectivity index (χ3v) is 1.45. The zero-order valence-electron chi connectivity index (χ0n) is 6.44. The molecule has 4 heteroatoms. The molecule has 0 saturated carbocycles. The molecule has 0 amide bonds. The third kappa shape index (κ3) is 3.09. The largest absolute Gasteiger partial charge is 1.00 e. The zero-order chi connectivity index (χ0) is 6.85. The molecule has 0 unspecified atom stereocenters. The van der Waals surface area contributed by atoms with Crippen LogP contribution in [0.4, 0.5) is 0 Å². The van der Waals surface area contributed by atoms with Crippen molar-refractivity contribution >= 4 is 23.2 Å². The van der Waals surface area contributed by atoms with Crippen molar-refractivity contribution < 1.29 is 57.9 Å². The molecule has 0 atom stereocenters. The van der Waals surface area contributed by atoms with E-state index >= 15 is 0 Å². The van der Waals surface area contributed by atoms with Crippen molar-refractivity contribution in [3.8, 4) is 5.75 Å². The molecule has 1 N–H and O–H groups in total. The van der Waals surface area contributed by atoms with E-state index in [1.807, 2.05) is 0 Å². The minimum Gasteiger partial charge on any atom is -1.00 e. The van der Waals surface area contributed by atoms with E-state index in [4.69, 9.17) is 28.3 Å². The van der Waals surface area contributed by atoms with Gasteiger partial charge >= 0.3 is 51.4 Å². The van der Waals surface area contributed by atoms with Gasteiger partial charge in [0.25, 0.3) is 0 Å². The Kier molecular flexibility index (Phi) is 5.60. The van der Waals surface area contributed by atoms with Crippen LogP contribution in [-0.4, -0.2) is 5.11 Å². The Hall–Kier alpha value is 1.24. The van der Waals surface area contributed by atoms with Crippen LogP contribution < -0.4 is 51.4 Å². The maximum atomic E-state index is 8.85. The average molecular weight is 203 g/mol. The molecule has 0 aliphatic heterocycles. The number of phenolic OH excluding ortho intramolecular Hbond substituents is 1. The van der Waals surface area contributed by atoms with Gasteiger partial charge in [-0.1, -0.05) is 23.2 Å². The second-order valence-electron chi connectivity index (χ2n) is 1.60. The van der Waals surface area contributed by atoms with E-state index in [-0.39, 0.29) is 63.6 Å². The predicted molar refractivity (Wildman–Crippen MR) is 39.2 cm³/mol. The second kappa shape index (κ2) is 4.98. The fourth-order valence-corrected chi connectivity index (χ4v) is 0.890. The Bertz CT molecular complexity index is 232. The molecule has 0 bridgehead atoms. The Labute approximate surface area is 113 Å². The topological polar surface area (TPSA) is 20.2 Å². The molecule has 0 aliphatic rings. The minimum absolute atomic E-state index is 0. The molecule has 0 heterocycles. The standard InChI is InChI=1S/C6H4Cl2O.K.H/c7-4-1-2-6(9)5(8)3-4;;/h1-3,9H;;/q;+1;-1. The van der Waals surface area contributed by atoms with E-state index in [9.17, 15) is 0 Å². The summed E-state index contributed by atoms with van der Waals surface area (Å²) in [5.74, 6) is 0.0565. The normalized spacial score (nSPS) is 8.60. The monoisotopic (exact) mass is 202 g/mol. The summed E-state index contributed by atoms with van der Waals surface area (Å²) in [5.41, 5.74) is 0. The molecule has 1 aromatic rings. The molecule has 0 aliphatic carbocycles. The van der Waals surface area contributed by atoms with Gasteiger partial charge in [-0.05, 0) is 18.2 Å². The van der Waals surface area contributed by atoms with Crippen molar-refractivity contribution in [2.24, 2.45) is 0 Å². The van der Waals surface area contributed by atoms with E-state index in [1.54, 1.807) is 6.07 Å². The van der Waals surface area contributed by atoms with Crippen molar-refractivity contribution in [1.29, 1.82) is 0 Å². The predicted octanol–water partition coefficient (Wildman–Crippen LogP) is -0.185. The molecule has 1 aromatic carbocycles. The molecule has 1 rings (SSSR count). The van der Waals surface area contributed by atoms with Crippen LogP contribution in [0, 0.1) is 0 Å². The Morgan fingerprint density at radius 2 is 1.90 bits per heavy atom. The van der Waals surface area contributed by atoms with Crippen molar-refractivity contribution in [2.45, 2.75) is 0 Å². The number of halogens is 2. The first-order chi connectivity index (χ1) is 4.20. The van der Waals surface area contributed by atoms with Gasteiger partial charge in [-0.15, -0.1) is 0 Å². The molecule has 1 nitrogen and oxygen atoms in total. The number of rotatable bonds is 0. The minimum atomic E-state index is 0. The van der Waals surface area contributed by atoms with Gasteiger partial charge in [0.2, 0.25) is 0 Å². The van der Waals surface area contributed by atoms with Crippen LogP contribution in [0.1, 0.15) is 1.43 Å². The Morgan fingerprint density at radius 3 is 2.30 bits per heavy atom. The summed E-state index contributed by atoms with van der Waals surface area (Å²) in [5, 5.41) is 9.66. The van der Waals surface area contributed by atoms with E-state index < -0.39 is 0 Å². The summed E-state index contributed by atoms with van der Waals surface area (Å²) in [6, 6.07) is 4.51. The van der Waals surface area contributed by atoms with Gasteiger partial charge < -0.3 is 6.53 Å². The molecule has 0 radical (unpaired) electrons. The molecule has 10 heavy (non-hydrogen) atoms. The van der Waals surface area contributed by atoms with Crippen LogP contribution in [0.3, 0.4) is 0 Å². The van der Waals surface area contributed by atoms with Crippen LogP contribution in [-0.2, 0) is 0 Å². The van der Waals surface area contributed by atoms with E-state index in [1.165, 1.54) is 12.1 Å². The number of hydrogen-bond acceptors (Lipinski definition) is 1. The van der Waals surface area contributed by atoms with Gasteiger partial charge in [0.05, 0.1) is 5.02 Å². The third-order valence-electron chi connectivity index (χ3n) is 0.910. The summed E-state index contributed by atoms with van der Waals surface area (Å²) in [6.07, 6.45) is 0. The van der Waals surface area contributed by atoms with Gasteiger partial charge in [0, 0.05) is 5.02 Å². The van der Waals surface area contributed by atoms with Crippen LogP contribution in [0.2, 0.25) is 10.0 Å². The van der Waals surface area contributed by atoms with E-state index in [0.29, 0.717) is 5.02 Å². The van der Waals surface area contributed by atoms with Crippen LogP contribution >= 0.6 is 23.2 Å². The number of phenols is 1. The Balaban J connectivity index is 0. The molecule has 50 valence electrons. The number of hydrogen-bond donors (Lipinski definition) is 1. The molecule has 0 fully saturated rings. The fraction of sp³-hybridized carbons (Fsp3) is 0. The Morgan fingerprint density at radius 1 is 1.30 bits per heavy atom. The number of benzene rings is 1. The van der Waals surface area contributed by atoms with Crippen molar-refractivity contribution in [3.05, 3.63) is 28.2 Å². The summed E-state index contributed by atoms with van der Waals surface area (Å²) in [7, 11) is 0. The zero-order valence-corrected chi connectivity index (χ0v) is 10.1. The smallest absolute Gasteiger partial charge is 1.00 e. The van der Waals surface area contributed by atoms with Gasteiger partial charge in [-0.25, -0.2) is 0 Å². The summed E-state index contributed by atoms with van der Waals surface area (Å²) in [4.78, 5) is 0. The number of aromatic hydroxyl groups is 1. The van der Waals surface area contributed by atoms with Crippen molar-refractivity contribution in [1.82, 2.24) is 0 Å². The molecule has 0 saturated heterocycles. The average Bonchev–Trinajstić information content (AvgIpc) is 1.80. The first-order valence-corrected chi connectivity index (χ1v) is 3.10.